The van der Waals surface area contributed by atoms with Crippen LogP contribution >= 0.6 is 0 Å². The minimum atomic E-state index is -0.230. The third kappa shape index (κ3) is 2.15. The third-order valence-electron chi connectivity index (χ3n) is 3.39. The van der Waals surface area contributed by atoms with Crippen LogP contribution < -0.4 is 5.32 Å². The molecule has 1 heterocycles. The molecule has 20 heavy (non-hydrogen) atoms. The monoisotopic (exact) mass is 271 g/mol. The van der Waals surface area contributed by atoms with Crippen LogP contribution in [0.5, 0.6) is 0 Å². The average molecular weight is 271 g/mol. The van der Waals surface area contributed by atoms with Gasteiger partial charge in [-0.3, -0.25) is 4.79 Å². The van der Waals surface area contributed by atoms with Crippen molar-refractivity contribution in [1.29, 1.82) is 0 Å². The molecule has 0 spiro atoms. The Morgan fingerprint density at radius 3 is 2.85 bits per heavy atom. The largest absolute Gasteiger partial charge is 0.309 e. The van der Waals surface area contributed by atoms with Crippen molar-refractivity contribution in [1.82, 2.24) is 9.97 Å². The van der Waals surface area contributed by atoms with Gasteiger partial charge in [-0.25, -0.2) is 14.4 Å². The van der Waals surface area contributed by atoms with Crippen LogP contribution in [-0.4, -0.2) is 15.9 Å². The number of halogens is 1. The van der Waals surface area contributed by atoms with Crippen molar-refractivity contribution in [3.05, 3.63) is 41.0 Å². The Morgan fingerprint density at radius 2 is 2.10 bits per heavy atom. The van der Waals surface area contributed by atoms with E-state index in [-0.39, 0.29) is 11.7 Å². The highest BCUT2D eigenvalue weighted by Crippen LogP contribution is 2.32. The Bertz CT molecular complexity index is 713. The van der Waals surface area contributed by atoms with Gasteiger partial charge in [-0.1, -0.05) is 0 Å². The predicted octanol–water partition coefficient (Wildman–Crippen LogP) is 2.65. The van der Waals surface area contributed by atoms with Crippen molar-refractivity contribution in [3.8, 4) is 11.3 Å². The summed E-state index contributed by atoms with van der Waals surface area (Å²) in [7, 11) is 0. The predicted molar refractivity (Wildman–Crippen MR) is 73.9 cm³/mol. The van der Waals surface area contributed by atoms with Crippen LogP contribution in [-0.2, 0) is 17.6 Å². The van der Waals surface area contributed by atoms with Gasteiger partial charge in [-0.05, 0) is 43.5 Å². The zero-order valence-electron chi connectivity index (χ0n) is 11.3. The normalized spacial score (nSPS) is 12.6. The molecule has 0 unspecified atom stereocenters. The number of carbonyl (C=O) groups is 1. The average Bonchev–Trinajstić information content (AvgIpc) is 2.39. The minimum absolute atomic E-state index is 0.166. The van der Waals surface area contributed by atoms with Crippen LogP contribution in [0.3, 0.4) is 0 Å². The van der Waals surface area contributed by atoms with E-state index in [0.29, 0.717) is 17.9 Å². The smallest absolute Gasteiger partial charge is 0.222 e. The van der Waals surface area contributed by atoms with Crippen LogP contribution in [0.4, 0.5) is 10.2 Å². The molecule has 1 N–H and O–H groups in total. The standard InChI is InChI=1S/C15H14FN3O/c1-8-15(18-9(2)20)19-13-6-3-10-7-11(16)4-5-12(10)14(13)17-8/h4-5,7H,3,6H2,1-2H3,(H,18,19,20). The second-order valence-electron chi connectivity index (χ2n) is 4.94. The Labute approximate surface area is 116 Å². The summed E-state index contributed by atoms with van der Waals surface area (Å²) in [5.41, 5.74) is 4.18. The first-order valence-corrected chi connectivity index (χ1v) is 6.48. The van der Waals surface area contributed by atoms with Crippen molar-refractivity contribution in [2.45, 2.75) is 26.7 Å². The highest BCUT2D eigenvalue weighted by molar-refractivity contribution is 5.88. The molecule has 1 aromatic carbocycles. The number of aromatic nitrogens is 2. The highest BCUT2D eigenvalue weighted by atomic mass is 19.1. The molecule has 102 valence electrons. The van der Waals surface area contributed by atoms with Crippen LogP contribution in [0.2, 0.25) is 0 Å². The van der Waals surface area contributed by atoms with Crippen molar-refractivity contribution in [2.24, 2.45) is 0 Å². The molecule has 1 aliphatic carbocycles. The topological polar surface area (TPSA) is 54.9 Å². The maximum absolute atomic E-state index is 13.3. The first kappa shape index (κ1) is 12.7. The van der Waals surface area contributed by atoms with Gasteiger partial charge in [0.2, 0.25) is 5.91 Å². The molecule has 0 radical (unpaired) electrons. The summed E-state index contributed by atoms with van der Waals surface area (Å²) >= 11 is 0. The van der Waals surface area contributed by atoms with Gasteiger partial charge in [0.25, 0.3) is 0 Å². The second kappa shape index (κ2) is 4.67. The quantitative estimate of drug-likeness (QED) is 0.867. The van der Waals surface area contributed by atoms with E-state index in [9.17, 15) is 9.18 Å². The molecule has 0 aliphatic heterocycles. The zero-order chi connectivity index (χ0) is 14.3. The third-order valence-corrected chi connectivity index (χ3v) is 3.39. The molecular weight excluding hydrogens is 257 g/mol. The SMILES string of the molecule is CC(=O)Nc1nc2c(nc1C)-c1ccc(F)cc1CC2. The fourth-order valence-electron chi connectivity index (χ4n) is 2.48. The number of nitrogens with one attached hydrogen (secondary N) is 1. The number of fused-ring (bicyclic) bond motifs is 3. The first-order chi connectivity index (χ1) is 9.54. The summed E-state index contributed by atoms with van der Waals surface area (Å²) in [5, 5.41) is 2.68. The lowest BCUT2D eigenvalue weighted by Crippen LogP contribution is -2.15. The van der Waals surface area contributed by atoms with Crippen molar-refractivity contribution >= 4 is 11.7 Å². The Kier molecular flexibility index (Phi) is 2.97. The lowest BCUT2D eigenvalue weighted by molar-refractivity contribution is -0.114. The highest BCUT2D eigenvalue weighted by Gasteiger charge is 2.21. The Balaban J connectivity index is 2.12. The van der Waals surface area contributed by atoms with Crippen molar-refractivity contribution in [2.75, 3.05) is 5.32 Å². The second-order valence-corrected chi connectivity index (χ2v) is 4.94. The summed E-state index contributed by atoms with van der Waals surface area (Å²) in [6.45, 7) is 3.25. The molecule has 0 fully saturated rings. The number of aryl methyl sites for hydroxylation is 3. The Morgan fingerprint density at radius 1 is 1.30 bits per heavy atom. The van der Waals surface area contributed by atoms with Crippen LogP contribution in [0.15, 0.2) is 18.2 Å². The molecule has 0 saturated heterocycles. The number of benzene rings is 1. The number of amides is 1. The van der Waals surface area contributed by atoms with Gasteiger partial charge in [0.15, 0.2) is 5.82 Å². The minimum Gasteiger partial charge on any atom is -0.309 e. The van der Waals surface area contributed by atoms with Crippen LogP contribution in [0, 0.1) is 12.7 Å². The number of carbonyl (C=O) groups excluding carboxylic acids is 1. The van der Waals surface area contributed by atoms with E-state index in [1.807, 2.05) is 0 Å². The molecule has 0 saturated carbocycles. The summed E-state index contributed by atoms with van der Waals surface area (Å²) in [5.74, 6) is 0.106. The van der Waals surface area contributed by atoms with Gasteiger partial charge in [-0.2, -0.15) is 0 Å². The summed E-state index contributed by atoms with van der Waals surface area (Å²) in [4.78, 5) is 20.2. The van der Waals surface area contributed by atoms with Crippen molar-refractivity contribution in [3.63, 3.8) is 0 Å². The first-order valence-electron chi connectivity index (χ1n) is 6.48. The molecule has 3 rings (SSSR count). The van der Waals surface area contributed by atoms with E-state index in [1.165, 1.54) is 13.0 Å². The Hall–Kier alpha value is -2.30. The van der Waals surface area contributed by atoms with Gasteiger partial charge < -0.3 is 5.32 Å². The zero-order valence-corrected chi connectivity index (χ0v) is 11.3. The molecule has 0 bridgehead atoms. The van der Waals surface area contributed by atoms with Gasteiger partial charge in [-0.15, -0.1) is 0 Å². The maximum Gasteiger partial charge on any atom is 0.222 e. The van der Waals surface area contributed by atoms with E-state index < -0.39 is 0 Å². The maximum atomic E-state index is 13.3. The van der Waals surface area contributed by atoms with Gasteiger partial charge in [0.1, 0.15) is 5.82 Å². The van der Waals surface area contributed by atoms with E-state index in [0.717, 1.165) is 28.9 Å². The number of rotatable bonds is 1. The van der Waals surface area contributed by atoms with Gasteiger partial charge in [0.05, 0.1) is 17.1 Å². The molecular formula is C15H14FN3O. The van der Waals surface area contributed by atoms with E-state index in [2.05, 4.69) is 15.3 Å². The van der Waals surface area contributed by atoms with E-state index in [4.69, 9.17) is 0 Å². The molecule has 2 aromatic rings. The summed E-state index contributed by atoms with van der Waals surface area (Å²) in [6, 6.07) is 4.73. The van der Waals surface area contributed by atoms with Crippen LogP contribution in [0.1, 0.15) is 23.9 Å². The lowest BCUT2D eigenvalue weighted by atomic mass is 9.91. The molecule has 1 aliphatic rings. The molecule has 1 amide bonds. The summed E-state index contributed by atoms with van der Waals surface area (Å²) < 4.78 is 13.3. The molecule has 0 atom stereocenters. The fraction of sp³-hybridized carbons (Fsp3) is 0.267. The van der Waals surface area contributed by atoms with Gasteiger partial charge in [0, 0.05) is 12.5 Å². The van der Waals surface area contributed by atoms with E-state index in [1.54, 1.807) is 19.1 Å². The lowest BCUT2D eigenvalue weighted by Gasteiger charge is -2.19. The van der Waals surface area contributed by atoms with Crippen molar-refractivity contribution < 1.29 is 9.18 Å². The molecule has 1 aromatic heterocycles. The van der Waals surface area contributed by atoms with Gasteiger partial charge >= 0.3 is 0 Å². The molecule has 5 heteroatoms. The number of anilines is 1. The van der Waals surface area contributed by atoms with E-state index >= 15 is 0 Å². The van der Waals surface area contributed by atoms with Crippen LogP contribution in [0.25, 0.3) is 11.3 Å². The fourth-order valence-corrected chi connectivity index (χ4v) is 2.48. The summed E-state index contributed by atoms with van der Waals surface area (Å²) in [6.07, 6.45) is 1.43. The number of hydrogen-bond donors (Lipinski definition) is 1. The number of nitrogens with zero attached hydrogens (tertiary/aromatic N) is 2. The molecule has 4 nitrogen and oxygen atoms in total. The number of hydrogen-bond acceptors (Lipinski definition) is 3.